The highest BCUT2D eigenvalue weighted by Gasteiger charge is 2.34. The van der Waals surface area contributed by atoms with Gasteiger partial charge in [-0.15, -0.1) is 0 Å². The molecule has 82 valence electrons. The van der Waals surface area contributed by atoms with E-state index in [1.54, 1.807) is 0 Å². The molecule has 2 aliphatic rings. The molecule has 2 N–H and O–H groups in total. The van der Waals surface area contributed by atoms with Gasteiger partial charge in [-0.2, -0.15) is 0 Å². The zero-order chi connectivity index (χ0) is 9.97. The maximum absolute atomic E-state index is 9.76. The molecule has 2 fully saturated rings. The SMILES string of the molecule is OC1CC(C2CCOCC2O)CCO1. The number of rotatable bonds is 1. The molecule has 0 aromatic heterocycles. The highest BCUT2D eigenvalue weighted by molar-refractivity contribution is 4.81. The van der Waals surface area contributed by atoms with Crippen LogP contribution >= 0.6 is 0 Å². The van der Waals surface area contributed by atoms with Crippen molar-refractivity contribution in [1.29, 1.82) is 0 Å². The molecule has 4 nitrogen and oxygen atoms in total. The standard InChI is InChI=1S/C10H18O4/c11-9-6-13-3-2-8(9)7-1-4-14-10(12)5-7/h7-12H,1-6H2. The van der Waals surface area contributed by atoms with Crippen molar-refractivity contribution in [2.24, 2.45) is 11.8 Å². The van der Waals surface area contributed by atoms with Crippen molar-refractivity contribution in [1.82, 2.24) is 0 Å². The lowest BCUT2D eigenvalue weighted by Crippen LogP contribution is -2.40. The maximum Gasteiger partial charge on any atom is 0.154 e. The Morgan fingerprint density at radius 3 is 2.64 bits per heavy atom. The van der Waals surface area contributed by atoms with E-state index >= 15 is 0 Å². The van der Waals surface area contributed by atoms with Gasteiger partial charge in [0, 0.05) is 19.6 Å². The van der Waals surface area contributed by atoms with E-state index in [9.17, 15) is 10.2 Å². The summed E-state index contributed by atoms with van der Waals surface area (Å²) in [6.45, 7) is 1.78. The first-order valence-electron chi connectivity index (χ1n) is 5.33. The first kappa shape index (κ1) is 10.4. The molecule has 0 aromatic rings. The third-order valence-electron chi connectivity index (χ3n) is 3.29. The second kappa shape index (κ2) is 4.57. The molecule has 0 amide bonds. The van der Waals surface area contributed by atoms with Crippen LogP contribution in [0.3, 0.4) is 0 Å². The molecule has 0 aromatic carbocycles. The van der Waals surface area contributed by atoms with Crippen molar-refractivity contribution in [2.75, 3.05) is 19.8 Å². The summed E-state index contributed by atoms with van der Waals surface area (Å²) in [6, 6.07) is 0. The summed E-state index contributed by atoms with van der Waals surface area (Å²) in [6.07, 6.45) is 1.50. The van der Waals surface area contributed by atoms with E-state index in [2.05, 4.69) is 0 Å². The van der Waals surface area contributed by atoms with Crippen LogP contribution in [-0.4, -0.2) is 42.4 Å². The van der Waals surface area contributed by atoms with E-state index in [4.69, 9.17) is 9.47 Å². The Labute approximate surface area is 83.8 Å². The molecule has 4 unspecified atom stereocenters. The number of ether oxygens (including phenoxy) is 2. The molecule has 0 bridgehead atoms. The first-order chi connectivity index (χ1) is 6.77. The third-order valence-corrected chi connectivity index (χ3v) is 3.29. The first-order valence-corrected chi connectivity index (χ1v) is 5.33. The van der Waals surface area contributed by atoms with Gasteiger partial charge in [0.1, 0.15) is 0 Å². The van der Waals surface area contributed by atoms with E-state index in [0.29, 0.717) is 25.6 Å². The van der Waals surface area contributed by atoms with E-state index in [1.807, 2.05) is 0 Å². The molecule has 4 atom stereocenters. The van der Waals surface area contributed by atoms with Crippen LogP contribution in [0.4, 0.5) is 0 Å². The van der Waals surface area contributed by atoms with Crippen LogP contribution in [0.25, 0.3) is 0 Å². The van der Waals surface area contributed by atoms with Gasteiger partial charge in [0.15, 0.2) is 6.29 Å². The van der Waals surface area contributed by atoms with Gasteiger partial charge in [-0.05, 0) is 24.7 Å². The zero-order valence-electron chi connectivity index (χ0n) is 8.26. The van der Waals surface area contributed by atoms with Crippen molar-refractivity contribution < 1.29 is 19.7 Å². The van der Waals surface area contributed by atoms with Gasteiger partial charge < -0.3 is 19.7 Å². The molecule has 2 aliphatic heterocycles. The van der Waals surface area contributed by atoms with E-state index < -0.39 is 6.29 Å². The quantitative estimate of drug-likeness (QED) is 0.634. The smallest absolute Gasteiger partial charge is 0.154 e. The summed E-state index contributed by atoms with van der Waals surface area (Å²) in [5, 5.41) is 19.1. The van der Waals surface area contributed by atoms with Crippen LogP contribution in [0.2, 0.25) is 0 Å². The van der Waals surface area contributed by atoms with E-state index in [-0.39, 0.29) is 12.0 Å². The summed E-state index contributed by atoms with van der Waals surface area (Å²) >= 11 is 0. The van der Waals surface area contributed by atoms with Gasteiger partial charge in [0.05, 0.1) is 12.7 Å². The second-order valence-corrected chi connectivity index (χ2v) is 4.20. The molecule has 0 radical (unpaired) electrons. The fourth-order valence-electron chi connectivity index (χ4n) is 2.48. The van der Waals surface area contributed by atoms with Crippen LogP contribution in [-0.2, 0) is 9.47 Å². The molecular weight excluding hydrogens is 184 g/mol. The third kappa shape index (κ3) is 2.25. The van der Waals surface area contributed by atoms with Gasteiger partial charge in [-0.1, -0.05) is 0 Å². The van der Waals surface area contributed by atoms with Crippen LogP contribution in [0.15, 0.2) is 0 Å². The summed E-state index contributed by atoms with van der Waals surface area (Å²) in [5.41, 5.74) is 0. The maximum atomic E-state index is 9.76. The van der Waals surface area contributed by atoms with Crippen LogP contribution in [0.1, 0.15) is 19.3 Å². The molecule has 14 heavy (non-hydrogen) atoms. The second-order valence-electron chi connectivity index (χ2n) is 4.20. The fraction of sp³-hybridized carbons (Fsp3) is 1.00. The highest BCUT2D eigenvalue weighted by Crippen LogP contribution is 2.32. The average molecular weight is 202 g/mol. The van der Waals surface area contributed by atoms with Crippen molar-refractivity contribution in [3.05, 3.63) is 0 Å². The largest absolute Gasteiger partial charge is 0.390 e. The minimum Gasteiger partial charge on any atom is -0.390 e. The van der Waals surface area contributed by atoms with Gasteiger partial charge in [0.25, 0.3) is 0 Å². The average Bonchev–Trinajstić information content (AvgIpc) is 2.18. The van der Waals surface area contributed by atoms with Gasteiger partial charge in [0.2, 0.25) is 0 Å². The van der Waals surface area contributed by atoms with Crippen molar-refractivity contribution in [3.8, 4) is 0 Å². The van der Waals surface area contributed by atoms with Gasteiger partial charge >= 0.3 is 0 Å². The van der Waals surface area contributed by atoms with Crippen LogP contribution in [0, 0.1) is 11.8 Å². The summed E-state index contributed by atoms with van der Waals surface area (Å²) < 4.78 is 10.3. The minimum atomic E-state index is -0.635. The van der Waals surface area contributed by atoms with E-state index in [1.165, 1.54) is 0 Å². The molecular formula is C10H18O4. The zero-order valence-corrected chi connectivity index (χ0v) is 8.26. The Bertz CT molecular complexity index is 185. The predicted octanol–water partition coefficient (Wildman–Crippen LogP) is 0.129. The summed E-state index contributed by atoms with van der Waals surface area (Å²) in [4.78, 5) is 0. The lowest BCUT2D eigenvalue weighted by atomic mass is 9.79. The number of hydrogen-bond donors (Lipinski definition) is 2. The van der Waals surface area contributed by atoms with Crippen molar-refractivity contribution in [3.63, 3.8) is 0 Å². The predicted molar refractivity (Wildman–Crippen MR) is 49.6 cm³/mol. The Morgan fingerprint density at radius 2 is 1.93 bits per heavy atom. The Hall–Kier alpha value is -0.160. The lowest BCUT2D eigenvalue weighted by molar-refractivity contribution is -0.160. The Morgan fingerprint density at radius 1 is 1.07 bits per heavy atom. The number of aliphatic hydroxyl groups excluding tert-OH is 2. The topological polar surface area (TPSA) is 58.9 Å². The molecule has 2 heterocycles. The Balaban J connectivity index is 1.91. The van der Waals surface area contributed by atoms with Crippen LogP contribution in [0.5, 0.6) is 0 Å². The highest BCUT2D eigenvalue weighted by atomic mass is 16.6. The molecule has 0 aliphatic carbocycles. The van der Waals surface area contributed by atoms with Gasteiger partial charge in [-0.25, -0.2) is 0 Å². The monoisotopic (exact) mass is 202 g/mol. The lowest BCUT2D eigenvalue weighted by Gasteiger charge is -2.37. The molecule has 2 saturated heterocycles. The van der Waals surface area contributed by atoms with Crippen molar-refractivity contribution >= 4 is 0 Å². The fourth-order valence-corrected chi connectivity index (χ4v) is 2.48. The number of aliphatic hydroxyl groups is 2. The van der Waals surface area contributed by atoms with Gasteiger partial charge in [-0.3, -0.25) is 0 Å². The molecule has 2 rings (SSSR count). The van der Waals surface area contributed by atoms with Crippen molar-refractivity contribution in [2.45, 2.75) is 31.7 Å². The molecule has 4 heteroatoms. The van der Waals surface area contributed by atoms with Crippen LogP contribution < -0.4 is 0 Å². The Kier molecular flexibility index (Phi) is 3.38. The molecule has 0 saturated carbocycles. The summed E-state index contributed by atoms with van der Waals surface area (Å²) in [7, 11) is 0. The summed E-state index contributed by atoms with van der Waals surface area (Å²) in [5.74, 6) is 0.667. The number of hydrogen-bond acceptors (Lipinski definition) is 4. The minimum absolute atomic E-state index is 0.280. The molecule has 0 spiro atoms. The normalized spacial score (nSPS) is 45.0. The van der Waals surface area contributed by atoms with E-state index in [0.717, 1.165) is 19.4 Å².